The maximum absolute atomic E-state index is 12.0. The Hall–Kier alpha value is -2.30. The third-order valence-corrected chi connectivity index (χ3v) is 3.12. The highest BCUT2D eigenvalue weighted by molar-refractivity contribution is 5.94. The lowest BCUT2D eigenvalue weighted by atomic mass is 10.2. The second-order valence-electron chi connectivity index (χ2n) is 5.01. The zero-order chi connectivity index (χ0) is 16.4. The molecule has 5 nitrogen and oxygen atoms in total. The monoisotopic (exact) mass is 304 g/mol. The van der Waals surface area contributed by atoms with Crippen LogP contribution in [0.5, 0.6) is 5.75 Å². The lowest BCUT2D eigenvalue weighted by Crippen LogP contribution is -2.37. The van der Waals surface area contributed by atoms with Crippen molar-refractivity contribution in [2.45, 2.75) is 19.8 Å². The molecule has 0 heterocycles. The molecule has 1 aromatic rings. The minimum absolute atomic E-state index is 0.0605. The molecule has 0 aromatic heterocycles. The molecule has 1 aromatic carbocycles. The molecule has 0 atom stereocenters. The molecule has 0 spiro atoms. The summed E-state index contributed by atoms with van der Waals surface area (Å²) in [5, 5.41) is 2.78. The molecule has 0 saturated carbocycles. The average molecular weight is 304 g/mol. The fourth-order valence-corrected chi connectivity index (χ4v) is 1.79. The molecule has 0 fully saturated rings. The molecule has 0 aliphatic rings. The summed E-state index contributed by atoms with van der Waals surface area (Å²) in [4.78, 5) is 25.0. The van der Waals surface area contributed by atoms with Crippen LogP contribution in [0.2, 0.25) is 0 Å². The second-order valence-corrected chi connectivity index (χ2v) is 5.01. The Labute approximate surface area is 132 Å². The topological polar surface area (TPSA) is 58.6 Å². The quantitative estimate of drug-likeness (QED) is 0.591. The summed E-state index contributed by atoms with van der Waals surface area (Å²) >= 11 is 0. The van der Waals surface area contributed by atoms with E-state index in [1.54, 1.807) is 20.2 Å². The Morgan fingerprint density at radius 2 is 2.14 bits per heavy atom. The Balaban J connectivity index is 2.49. The van der Waals surface area contributed by atoms with Gasteiger partial charge in [0.05, 0.1) is 13.7 Å². The molecule has 5 heteroatoms. The number of rotatable bonds is 8. The van der Waals surface area contributed by atoms with Crippen molar-refractivity contribution in [2.75, 3.05) is 27.2 Å². The summed E-state index contributed by atoms with van der Waals surface area (Å²) in [6.45, 7) is 2.77. The fraction of sp³-hybridized carbons (Fsp3) is 0.412. The summed E-state index contributed by atoms with van der Waals surface area (Å²) in [5.74, 6) is 0.380. The number of nitrogens with zero attached hydrogens (tertiary/aromatic N) is 1. The largest absolute Gasteiger partial charge is 0.497 e. The third-order valence-electron chi connectivity index (χ3n) is 3.12. The van der Waals surface area contributed by atoms with Gasteiger partial charge in [0.1, 0.15) is 5.75 Å². The molecule has 1 rings (SSSR count). The lowest BCUT2D eigenvalue weighted by molar-refractivity contribution is -0.131. The first-order chi connectivity index (χ1) is 10.6. The molecule has 0 aliphatic heterocycles. The summed E-state index contributed by atoms with van der Waals surface area (Å²) < 4.78 is 5.13. The van der Waals surface area contributed by atoms with Crippen LogP contribution < -0.4 is 10.1 Å². The number of hydrogen-bond acceptors (Lipinski definition) is 3. The van der Waals surface area contributed by atoms with E-state index in [0.717, 1.165) is 24.2 Å². The van der Waals surface area contributed by atoms with Gasteiger partial charge in [-0.15, -0.1) is 0 Å². The Bertz CT molecular complexity index is 526. The Morgan fingerprint density at radius 3 is 2.82 bits per heavy atom. The fourth-order valence-electron chi connectivity index (χ4n) is 1.79. The summed E-state index contributed by atoms with van der Waals surface area (Å²) in [5.41, 5.74) is 0.869. The van der Waals surface area contributed by atoms with Crippen molar-refractivity contribution in [3.63, 3.8) is 0 Å². The number of unbranched alkanes of at least 4 members (excludes halogenated alkanes) is 1. The Morgan fingerprint density at radius 1 is 1.36 bits per heavy atom. The molecule has 0 bridgehead atoms. The number of hydrogen-bond donors (Lipinski definition) is 1. The molecule has 2 amide bonds. The normalized spacial score (nSPS) is 10.5. The minimum Gasteiger partial charge on any atom is -0.497 e. The highest BCUT2D eigenvalue weighted by Crippen LogP contribution is 2.13. The minimum atomic E-state index is -0.214. The molecule has 22 heavy (non-hydrogen) atoms. The van der Waals surface area contributed by atoms with Gasteiger partial charge in [0.2, 0.25) is 11.8 Å². The number of likely N-dealkylation sites (N-methyl/N-ethyl adjacent to an activating group) is 1. The molecule has 120 valence electrons. The highest BCUT2D eigenvalue weighted by atomic mass is 16.5. The van der Waals surface area contributed by atoms with E-state index in [-0.39, 0.29) is 18.4 Å². The third kappa shape index (κ3) is 6.43. The molecule has 0 radical (unpaired) electrons. The van der Waals surface area contributed by atoms with Crippen molar-refractivity contribution < 1.29 is 14.3 Å². The molecule has 1 N–H and O–H groups in total. The highest BCUT2D eigenvalue weighted by Gasteiger charge is 2.09. The van der Waals surface area contributed by atoms with Crippen LogP contribution in [0.4, 0.5) is 0 Å². The SMILES string of the molecule is CCCCNC(=O)CN(C)C(=O)/C=C/c1cccc(OC)c1. The summed E-state index contributed by atoms with van der Waals surface area (Å²) in [6, 6.07) is 7.41. The van der Waals surface area contributed by atoms with Crippen LogP contribution in [0.3, 0.4) is 0 Å². The summed E-state index contributed by atoms with van der Waals surface area (Å²) in [6.07, 6.45) is 5.13. The molecule has 0 saturated heterocycles. The van der Waals surface area contributed by atoms with E-state index in [2.05, 4.69) is 12.2 Å². The van der Waals surface area contributed by atoms with Gasteiger partial charge in [-0.05, 0) is 30.2 Å². The van der Waals surface area contributed by atoms with Gasteiger partial charge < -0.3 is 15.0 Å². The average Bonchev–Trinajstić information content (AvgIpc) is 2.52. The smallest absolute Gasteiger partial charge is 0.246 e. The first-order valence-corrected chi connectivity index (χ1v) is 7.40. The van der Waals surface area contributed by atoms with Crippen LogP contribution in [0.25, 0.3) is 6.08 Å². The Kier molecular flexibility index (Phi) is 7.75. The zero-order valence-corrected chi connectivity index (χ0v) is 13.5. The standard InChI is InChI=1S/C17H24N2O3/c1-4-5-11-18-16(20)13-19(2)17(21)10-9-14-7-6-8-15(12-14)22-3/h6-10,12H,4-5,11,13H2,1-3H3,(H,18,20)/b10-9+. The van der Waals surface area contributed by atoms with Crippen LogP contribution >= 0.6 is 0 Å². The molecule has 0 aliphatic carbocycles. The maximum atomic E-state index is 12.0. The van der Waals surface area contributed by atoms with E-state index in [1.807, 2.05) is 24.3 Å². The van der Waals surface area contributed by atoms with Crippen molar-refractivity contribution in [3.8, 4) is 5.75 Å². The van der Waals surface area contributed by atoms with Crippen molar-refractivity contribution in [3.05, 3.63) is 35.9 Å². The van der Waals surface area contributed by atoms with Gasteiger partial charge in [0.25, 0.3) is 0 Å². The number of amides is 2. The van der Waals surface area contributed by atoms with Crippen molar-refractivity contribution >= 4 is 17.9 Å². The maximum Gasteiger partial charge on any atom is 0.246 e. The number of ether oxygens (including phenoxy) is 1. The second kappa shape index (κ2) is 9.60. The van der Waals surface area contributed by atoms with Crippen LogP contribution in [-0.2, 0) is 9.59 Å². The number of carbonyl (C=O) groups is 2. The zero-order valence-electron chi connectivity index (χ0n) is 13.5. The molecular weight excluding hydrogens is 280 g/mol. The van der Waals surface area contributed by atoms with E-state index >= 15 is 0 Å². The van der Waals surface area contributed by atoms with E-state index in [4.69, 9.17) is 4.74 Å². The van der Waals surface area contributed by atoms with E-state index < -0.39 is 0 Å². The van der Waals surface area contributed by atoms with Gasteiger partial charge in [-0.1, -0.05) is 25.5 Å². The molecule has 0 unspecified atom stereocenters. The molecular formula is C17H24N2O3. The van der Waals surface area contributed by atoms with Crippen LogP contribution in [-0.4, -0.2) is 44.0 Å². The van der Waals surface area contributed by atoms with Crippen molar-refractivity contribution in [1.82, 2.24) is 10.2 Å². The van der Waals surface area contributed by atoms with Crippen LogP contribution in [0, 0.1) is 0 Å². The van der Waals surface area contributed by atoms with E-state index in [1.165, 1.54) is 11.0 Å². The van der Waals surface area contributed by atoms with E-state index in [0.29, 0.717) is 6.54 Å². The number of carbonyl (C=O) groups excluding carboxylic acids is 2. The van der Waals surface area contributed by atoms with Gasteiger partial charge >= 0.3 is 0 Å². The predicted octanol–water partition coefficient (Wildman–Crippen LogP) is 2.08. The number of methoxy groups -OCH3 is 1. The summed E-state index contributed by atoms with van der Waals surface area (Å²) in [7, 11) is 3.20. The number of benzene rings is 1. The van der Waals surface area contributed by atoms with Crippen LogP contribution in [0.15, 0.2) is 30.3 Å². The first-order valence-electron chi connectivity index (χ1n) is 7.40. The first kappa shape index (κ1) is 17.8. The van der Waals surface area contributed by atoms with Gasteiger partial charge in [0.15, 0.2) is 0 Å². The number of nitrogens with one attached hydrogen (secondary N) is 1. The lowest BCUT2D eigenvalue weighted by Gasteiger charge is -2.14. The van der Waals surface area contributed by atoms with Gasteiger partial charge in [0, 0.05) is 19.7 Å². The van der Waals surface area contributed by atoms with Gasteiger partial charge in [-0.2, -0.15) is 0 Å². The van der Waals surface area contributed by atoms with Gasteiger partial charge in [-0.3, -0.25) is 9.59 Å². The van der Waals surface area contributed by atoms with Crippen molar-refractivity contribution in [2.24, 2.45) is 0 Å². The predicted molar refractivity (Wildman–Crippen MR) is 87.6 cm³/mol. The van der Waals surface area contributed by atoms with Gasteiger partial charge in [-0.25, -0.2) is 0 Å². The van der Waals surface area contributed by atoms with Crippen LogP contribution in [0.1, 0.15) is 25.3 Å². The van der Waals surface area contributed by atoms with E-state index in [9.17, 15) is 9.59 Å². The van der Waals surface area contributed by atoms with Crippen molar-refractivity contribution in [1.29, 1.82) is 0 Å².